The fraction of sp³-hybridized carbons (Fsp3) is 0.800. The Kier molecular flexibility index (Phi) is 2.72. The first-order valence-electron chi connectivity index (χ1n) is 5.36. The summed E-state index contributed by atoms with van der Waals surface area (Å²) in [5.41, 5.74) is 0. The normalized spacial score (nSPS) is 32.5. The maximum absolute atomic E-state index is 12.0. The van der Waals surface area contributed by atoms with Crippen molar-refractivity contribution in [2.75, 3.05) is 6.54 Å². The highest BCUT2D eigenvalue weighted by molar-refractivity contribution is 7.80. The molecule has 1 aliphatic heterocycles. The molecule has 1 aliphatic carbocycles. The van der Waals surface area contributed by atoms with E-state index in [1.54, 1.807) is 4.90 Å². The van der Waals surface area contributed by atoms with Gasteiger partial charge in [-0.05, 0) is 32.0 Å². The van der Waals surface area contributed by atoms with E-state index in [4.69, 9.17) is 12.2 Å². The van der Waals surface area contributed by atoms with Crippen molar-refractivity contribution in [2.24, 2.45) is 5.92 Å². The maximum Gasteiger partial charge on any atom is 0.233 e. The molecular weight excluding hydrogens is 196 g/mol. The predicted molar refractivity (Wildman–Crippen MR) is 58.9 cm³/mol. The standard InChI is InChI=1S/C10H16N2OS/c1-2-12-9(13)7-5-3-4-6-8(7)11-10(12)14/h7-8H,2-6H2,1H3,(H,11,14). The van der Waals surface area contributed by atoms with Gasteiger partial charge in [0.05, 0.1) is 5.92 Å². The molecule has 0 aromatic carbocycles. The van der Waals surface area contributed by atoms with Crippen LogP contribution in [-0.2, 0) is 4.79 Å². The van der Waals surface area contributed by atoms with E-state index in [-0.39, 0.29) is 11.8 Å². The lowest BCUT2D eigenvalue weighted by molar-refractivity contribution is -0.134. The number of carbonyl (C=O) groups is 1. The zero-order chi connectivity index (χ0) is 10.1. The van der Waals surface area contributed by atoms with Gasteiger partial charge in [-0.15, -0.1) is 0 Å². The molecule has 4 heteroatoms. The van der Waals surface area contributed by atoms with Crippen LogP contribution < -0.4 is 5.32 Å². The van der Waals surface area contributed by atoms with Crippen LogP contribution in [0.2, 0.25) is 0 Å². The summed E-state index contributed by atoms with van der Waals surface area (Å²) in [6.07, 6.45) is 4.51. The van der Waals surface area contributed by atoms with Crippen molar-refractivity contribution in [1.29, 1.82) is 0 Å². The van der Waals surface area contributed by atoms with Gasteiger partial charge in [0.25, 0.3) is 0 Å². The molecule has 2 aliphatic rings. The topological polar surface area (TPSA) is 32.3 Å². The van der Waals surface area contributed by atoms with E-state index in [1.165, 1.54) is 12.8 Å². The van der Waals surface area contributed by atoms with Gasteiger partial charge in [-0.3, -0.25) is 9.69 Å². The van der Waals surface area contributed by atoms with Gasteiger partial charge in [0, 0.05) is 12.6 Å². The molecule has 0 radical (unpaired) electrons. The van der Waals surface area contributed by atoms with Crippen molar-refractivity contribution < 1.29 is 4.79 Å². The Balaban J connectivity index is 2.16. The lowest BCUT2D eigenvalue weighted by Crippen LogP contribution is -2.60. The summed E-state index contributed by atoms with van der Waals surface area (Å²) in [7, 11) is 0. The fourth-order valence-corrected chi connectivity index (χ4v) is 2.81. The molecule has 1 saturated heterocycles. The third-order valence-electron chi connectivity index (χ3n) is 3.22. The number of hydrogen-bond acceptors (Lipinski definition) is 2. The average Bonchev–Trinajstić information content (AvgIpc) is 2.18. The third kappa shape index (κ3) is 1.52. The van der Waals surface area contributed by atoms with Gasteiger partial charge in [-0.2, -0.15) is 0 Å². The van der Waals surface area contributed by atoms with Crippen LogP contribution in [0, 0.1) is 5.92 Å². The summed E-state index contributed by atoms with van der Waals surface area (Å²) in [6, 6.07) is 0.312. The number of hydrogen-bond donors (Lipinski definition) is 1. The van der Waals surface area contributed by atoms with Crippen LogP contribution in [0.5, 0.6) is 0 Å². The molecule has 1 amide bonds. The van der Waals surface area contributed by atoms with Crippen LogP contribution in [0.25, 0.3) is 0 Å². The Labute approximate surface area is 89.8 Å². The fourth-order valence-electron chi connectivity index (χ4n) is 2.44. The van der Waals surface area contributed by atoms with E-state index in [1.807, 2.05) is 6.92 Å². The number of fused-ring (bicyclic) bond motifs is 1. The Hall–Kier alpha value is -0.640. The van der Waals surface area contributed by atoms with E-state index < -0.39 is 0 Å². The minimum atomic E-state index is 0.176. The minimum absolute atomic E-state index is 0.176. The summed E-state index contributed by atoms with van der Waals surface area (Å²) in [5, 5.41) is 3.91. The van der Waals surface area contributed by atoms with Crippen molar-refractivity contribution in [1.82, 2.24) is 10.2 Å². The second-order valence-electron chi connectivity index (χ2n) is 4.03. The first-order chi connectivity index (χ1) is 6.74. The Morgan fingerprint density at radius 2 is 2.21 bits per heavy atom. The monoisotopic (exact) mass is 212 g/mol. The third-order valence-corrected chi connectivity index (χ3v) is 3.56. The van der Waals surface area contributed by atoms with E-state index in [0.717, 1.165) is 12.8 Å². The maximum atomic E-state index is 12.0. The van der Waals surface area contributed by atoms with Crippen LogP contribution in [0.3, 0.4) is 0 Å². The molecule has 3 nitrogen and oxygen atoms in total. The minimum Gasteiger partial charge on any atom is -0.359 e. The SMILES string of the molecule is CCN1C(=O)C2CCCCC2NC1=S. The van der Waals surface area contributed by atoms with Gasteiger partial charge in [-0.1, -0.05) is 12.8 Å². The quantitative estimate of drug-likeness (QED) is 0.665. The number of thiocarbonyl (C=S) groups is 1. The molecule has 0 aromatic heterocycles. The van der Waals surface area contributed by atoms with Gasteiger partial charge >= 0.3 is 0 Å². The van der Waals surface area contributed by atoms with Crippen molar-refractivity contribution in [3.05, 3.63) is 0 Å². The van der Waals surface area contributed by atoms with Crippen LogP contribution >= 0.6 is 12.2 Å². The van der Waals surface area contributed by atoms with Crippen molar-refractivity contribution in [2.45, 2.75) is 38.6 Å². The second-order valence-corrected chi connectivity index (χ2v) is 4.42. The molecular formula is C10H16N2OS. The van der Waals surface area contributed by atoms with Gasteiger partial charge < -0.3 is 5.32 Å². The first-order valence-corrected chi connectivity index (χ1v) is 5.76. The average molecular weight is 212 g/mol. The van der Waals surface area contributed by atoms with Crippen LogP contribution in [-0.4, -0.2) is 28.5 Å². The smallest absolute Gasteiger partial charge is 0.233 e. The zero-order valence-corrected chi connectivity index (χ0v) is 9.27. The summed E-state index contributed by atoms with van der Waals surface area (Å²) in [4.78, 5) is 13.7. The number of rotatable bonds is 1. The Bertz CT molecular complexity index is 267. The highest BCUT2D eigenvalue weighted by Gasteiger charge is 2.39. The Morgan fingerprint density at radius 1 is 1.50 bits per heavy atom. The van der Waals surface area contributed by atoms with Crippen LogP contribution in [0.4, 0.5) is 0 Å². The van der Waals surface area contributed by atoms with Gasteiger partial charge in [0.1, 0.15) is 0 Å². The lowest BCUT2D eigenvalue weighted by atomic mass is 9.82. The molecule has 1 saturated carbocycles. The number of carbonyl (C=O) groups excluding carboxylic acids is 1. The van der Waals surface area contributed by atoms with Crippen LogP contribution in [0.15, 0.2) is 0 Å². The summed E-state index contributed by atoms with van der Waals surface area (Å²) < 4.78 is 0. The van der Waals surface area contributed by atoms with Gasteiger partial charge in [0.15, 0.2) is 5.11 Å². The molecule has 2 fully saturated rings. The number of amides is 1. The highest BCUT2D eigenvalue weighted by Crippen LogP contribution is 2.29. The first kappa shape index (κ1) is 9.90. The molecule has 78 valence electrons. The summed E-state index contributed by atoms with van der Waals surface area (Å²) in [6.45, 7) is 2.66. The van der Waals surface area contributed by atoms with E-state index in [2.05, 4.69) is 5.32 Å². The molecule has 1 N–H and O–H groups in total. The molecule has 1 heterocycles. The summed E-state index contributed by atoms with van der Waals surface area (Å²) >= 11 is 5.17. The molecule has 0 aromatic rings. The van der Waals surface area contributed by atoms with E-state index >= 15 is 0 Å². The predicted octanol–water partition coefficient (Wildman–Crippen LogP) is 1.28. The van der Waals surface area contributed by atoms with Crippen molar-refractivity contribution >= 4 is 23.2 Å². The lowest BCUT2D eigenvalue weighted by Gasteiger charge is -2.41. The highest BCUT2D eigenvalue weighted by atomic mass is 32.1. The Morgan fingerprint density at radius 3 is 2.93 bits per heavy atom. The molecule has 2 unspecified atom stereocenters. The van der Waals surface area contributed by atoms with Gasteiger partial charge in [-0.25, -0.2) is 0 Å². The largest absolute Gasteiger partial charge is 0.359 e. The molecule has 0 spiro atoms. The van der Waals surface area contributed by atoms with E-state index in [9.17, 15) is 4.79 Å². The molecule has 2 rings (SSSR count). The van der Waals surface area contributed by atoms with Crippen molar-refractivity contribution in [3.63, 3.8) is 0 Å². The van der Waals surface area contributed by atoms with Crippen molar-refractivity contribution in [3.8, 4) is 0 Å². The number of nitrogens with zero attached hydrogens (tertiary/aromatic N) is 1. The van der Waals surface area contributed by atoms with Gasteiger partial charge in [0.2, 0.25) is 5.91 Å². The second kappa shape index (κ2) is 3.85. The molecule has 14 heavy (non-hydrogen) atoms. The van der Waals surface area contributed by atoms with Crippen LogP contribution in [0.1, 0.15) is 32.6 Å². The summed E-state index contributed by atoms with van der Waals surface area (Å²) in [5.74, 6) is 0.413. The number of nitrogens with one attached hydrogen (secondary N) is 1. The molecule has 0 bridgehead atoms. The zero-order valence-electron chi connectivity index (χ0n) is 8.45. The molecule has 2 atom stereocenters. The van der Waals surface area contributed by atoms with E-state index in [0.29, 0.717) is 17.7 Å².